The highest BCUT2D eigenvalue weighted by Crippen LogP contribution is 2.39. The van der Waals surface area contributed by atoms with Crippen LogP contribution in [0.1, 0.15) is 55.5 Å². The average molecular weight is 343 g/mol. The highest BCUT2D eigenvalue weighted by atomic mass is 16.1. The molecule has 3 N–H and O–H groups in total. The van der Waals surface area contributed by atoms with E-state index in [-0.39, 0.29) is 11.3 Å². The molecule has 0 aliphatic heterocycles. The van der Waals surface area contributed by atoms with E-state index in [0.717, 1.165) is 24.8 Å². The number of allylic oxidation sites excluding steroid dienone is 1. The topological polar surface area (TPSA) is 75.4 Å². The summed E-state index contributed by atoms with van der Waals surface area (Å²) in [5.74, 6) is -0.648. The number of carbonyl (C=O) groups is 2. The van der Waals surface area contributed by atoms with Crippen molar-refractivity contribution in [3.63, 3.8) is 0 Å². The average Bonchev–Trinajstić information content (AvgIpc) is 2.50. The van der Waals surface area contributed by atoms with Crippen LogP contribution in [0, 0.1) is 5.41 Å². The summed E-state index contributed by atoms with van der Waals surface area (Å²) < 4.78 is 0. The summed E-state index contributed by atoms with van der Waals surface area (Å²) in [7, 11) is 3.92. The van der Waals surface area contributed by atoms with Crippen molar-refractivity contribution in [1.29, 1.82) is 0 Å². The zero-order chi connectivity index (χ0) is 18.6. The lowest BCUT2D eigenvalue weighted by Gasteiger charge is -2.32. The van der Waals surface area contributed by atoms with Crippen LogP contribution in [0.4, 0.5) is 5.69 Å². The number of nitrogens with two attached hydrogens (primary N) is 1. The molecule has 1 aromatic rings. The van der Waals surface area contributed by atoms with Crippen LogP contribution in [-0.2, 0) is 11.3 Å². The van der Waals surface area contributed by atoms with Gasteiger partial charge in [-0.25, -0.2) is 0 Å². The molecule has 0 aromatic heterocycles. The van der Waals surface area contributed by atoms with Crippen molar-refractivity contribution in [3.8, 4) is 0 Å². The summed E-state index contributed by atoms with van der Waals surface area (Å²) in [5.41, 5.74) is 8.61. The number of amides is 2. The van der Waals surface area contributed by atoms with Gasteiger partial charge in [-0.05, 0) is 56.5 Å². The molecule has 0 radical (unpaired) electrons. The molecule has 0 saturated heterocycles. The summed E-state index contributed by atoms with van der Waals surface area (Å²) >= 11 is 0. The second-order valence-electron chi connectivity index (χ2n) is 7.72. The number of rotatable bonds is 5. The Morgan fingerprint density at radius 2 is 2.00 bits per heavy atom. The number of nitrogens with zero attached hydrogens (tertiary/aromatic N) is 1. The number of benzene rings is 1. The first-order valence-corrected chi connectivity index (χ1v) is 8.78. The molecule has 136 valence electrons. The third kappa shape index (κ3) is 5.16. The molecular weight excluding hydrogens is 314 g/mol. The van der Waals surface area contributed by atoms with Crippen LogP contribution < -0.4 is 11.1 Å². The predicted molar refractivity (Wildman–Crippen MR) is 101 cm³/mol. The molecule has 0 atom stereocenters. The molecule has 1 fully saturated rings. The molecule has 0 spiro atoms. The molecule has 25 heavy (non-hydrogen) atoms. The Labute approximate surface area is 150 Å². The molecule has 5 nitrogen and oxygen atoms in total. The van der Waals surface area contributed by atoms with Crippen LogP contribution in [0.5, 0.6) is 0 Å². The van der Waals surface area contributed by atoms with Crippen LogP contribution in [0.2, 0.25) is 0 Å². The van der Waals surface area contributed by atoms with Gasteiger partial charge in [0.15, 0.2) is 0 Å². The van der Waals surface area contributed by atoms with Crippen molar-refractivity contribution in [2.24, 2.45) is 11.1 Å². The van der Waals surface area contributed by atoms with Gasteiger partial charge in [-0.15, -0.1) is 0 Å². The van der Waals surface area contributed by atoms with E-state index in [0.29, 0.717) is 17.8 Å². The van der Waals surface area contributed by atoms with Gasteiger partial charge < -0.3 is 16.0 Å². The highest BCUT2D eigenvalue weighted by molar-refractivity contribution is 6.02. The Balaban J connectivity index is 2.26. The third-order valence-electron chi connectivity index (χ3n) is 4.81. The highest BCUT2D eigenvalue weighted by Gasteiger charge is 2.27. The maximum absolute atomic E-state index is 12.6. The SMILES string of the molecule is CN(C)Cc1ccc(C(N)=O)cc1NC(=O)/C=C1/CCCCC1(C)C. The summed E-state index contributed by atoms with van der Waals surface area (Å²) in [6.07, 6.45) is 6.14. The molecule has 0 bridgehead atoms. The van der Waals surface area contributed by atoms with E-state index >= 15 is 0 Å². The van der Waals surface area contributed by atoms with E-state index < -0.39 is 5.91 Å². The minimum absolute atomic E-state index is 0.0666. The maximum Gasteiger partial charge on any atom is 0.248 e. The number of carbonyl (C=O) groups excluding carboxylic acids is 2. The van der Waals surface area contributed by atoms with Gasteiger partial charge in [-0.2, -0.15) is 0 Å². The predicted octanol–water partition coefficient (Wildman–Crippen LogP) is 3.31. The lowest BCUT2D eigenvalue weighted by molar-refractivity contribution is -0.112. The molecule has 1 saturated carbocycles. The van der Waals surface area contributed by atoms with Crippen LogP contribution in [0.25, 0.3) is 0 Å². The fraction of sp³-hybridized carbons (Fsp3) is 0.500. The molecule has 0 unspecified atom stereocenters. The Kier molecular flexibility index (Phi) is 6.01. The molecule has 2 rings (SSSR count). The van der Waals surface area contributed by atoms with E-state index in [1.54, 1.807) is 18.2 Å². The largest absolute Gasteiger partial charge is 0.366 e. The molecule has 5 heteroatoms. The molecule has 0 heterocycles. The van der Waals surface area contributed by atoms with E-state index in [1.807, 2.05) is 25.1 Å². The van der Waals surface area contributed by atoms with Gasteiger partial charge in [0.2, 0.25) is 11.8 Å². The van der Waals surface area contributed by atoms with Crippen LogP contribution in [0.3, 0.4) is 0 Å². The van der Waals surface area contributed by atoms with Gasteiger partial charge >= 0.3 is 0 Å². The van der Waals surface area contributed by atoms with E-state index in [2.05, 4.69) is 19.2 Å². The molecular formula is C20H29N3O2. The summed E-state index contributed by atoms with van der Waals surface area (Å²) in [5, 5.41) is 2.95. The normalized spacial score (nSPS) is 18.4. The molecule has 1 aromatic carbocycles. The zero-order valence-electron chi connectivity index (χ0n) is 15.7. The van der Waals surface area contributed by atoms with Gasteiger partial charge in [-0.3, -0.25) is 9.59 Å². The van der Waals surface area contributed by atoms with E-state index in [1.165, 1.54) is 12.0 Å². The van der Waals surface area contributed by atoms with E-state index in [9.17, 15) is 9.59 Å². The van der Waals surface area contributed by atoms with Crippen LogP contribution in [0.15, 0.2) is 29.8 Å². The Morgan fingerprint density at radius 3 is 2.60 bits per heavy atom. The first-order valence-electron chi connectivity index (χ1n) is 8.78. The fourth-order valence-corrected chi connectivity index (χ4v) is 3.30. The van der Waals surface area contributed by atoms with Crippen molar-refractivity contribution < 1.29 is 9.59 Å². The quantitative estimate of drug-likeness (QED) is 0.805. The second-order valence-corrected chi connectivity index (χ2v) is 7.72. The van der Waals surface area contributed by atoms with Gasteiger partial charge in [0.25, 0.3) is 0 Å². The second kappa shape index (κ2) is 7.83. The first kappa shape index (κ1) is 19.2. The Bertz CT molecular complexity index is 690. The Hall–Kier alpha value is -2.14. The van der Waals surface area contributed by atoms with Gasteiger partial charge in [0.05, 0.1) is 0 Å². The molecule has 1 aliphatic rings. The standard InChI is InChI=1S/C20H29N3O2/c1-20(2)10-6-5-7-16(20)12-18(24)22-17-11-14(19(21)25)8-9-15(17)13-23(3)4/h8-9,11-12H,5-7,10,13H2,1-4H3,(H2,21,25)(H,22,24)/b16-12-. The number of hydrogen-bond acceptors (Lipinski definition) is 3. The number of anilines is 1. The fourth-order valence-electron chi connectivity index (χ4n) is 3.30. The lowest BCUT2D eigenvalue weighted by atomic mass is 9.73. The van der Waals surface area contributed by atoms with Crippen LogP contribution >= 0.6 is 0 Å². The third-order valence-corrected chi connectivity index (χ3v) is 4.81. The minimum Gasteiger partial charge on any atom is -0.366 e. The summed E-state index contributed by atoms with van der Waals surface area (Å²) in [4.78, 5) is 26.0. The van der Waals surface area contributed by atoms with Gasteiger partial charge in [0.1, 0.15) is 0 Å². The molecule has 1 aliphatic carbocycles. The van der Waals surface area contributed by atoms with Crippen molar-refractivity contribution in [2.45, 2.75) is 46.1 Å². The number of hydrogen-bond donors (Lipinski definition) is 2. The van der Waals surface area contributed by atoms with E-state index in [4.69, 9.17) is 5.73 Å². The smallest absolute Gasteiger partial charge is 0.248 e. The van der Waals surface area contributed by atoms with Gasteiger partial charge in [-0.1, -0.05) is 31.9 Å². The van der Waals surface area contributed by atoms with Crippen molar-refractivity contribution in [1.82, 2.24) is 4.90 Å². The number of nitrogens with one attached hydrogen (secondary N) is 1. The summed E-state index contributed by atoms with van der Waals surface area (Å²) in [6, 6.07) is 5.19. The number of primary amides is 1. The monoisotopic (exact) mass is 343 g/mol. The minimum atomic E-state index is -0.501. The maximum atomic E-state index is 12.6. The Morgan fingerprint density at radius 1 is 1.28 bits per heavy atom. The van der Waals surface area contributed by atoms with Crippen molar-refractivity contribution in [3.05, 3.63) is 41.0 Å². The lowest BCUT2D eigenvalue weighted by Crippen LogP contribution is -2.22. The first-order chi connectivity index (χ1) is 11.7. The van der Waals surface area contributed by atoms with Crippen molar-refractivity contribution >= 4 is 17.5 Å². The van der Waals surface area contributed by atoms with Crippen molar-refractivity contribution in [2.75, 3.05) is 19.4 Å². The summed E-state index contributed by atoms with van der Waals surface area (Å²) in [6.45, 7) is 5.05. The van der Waals surface area contributed by atoms with Gasteiger partial charge in [0, 0.05) is 23.9 Å². The van der Waals surface area contributed by atoms with Crippen LogP contribution in [-0.4, -0.2) is 30.8 Å². The molecule has 2 amide bonds. The zero-order valence-corrected chi connectivity index (χ0v) is 15.7.